The molecular formula is C18H20FNO2. The molecule has 0 atom stereocenters. The Kier molecular flexibility index (Phi) is 5.95. The van der Waals surface area contributed by atoms with Gasteiger partial charge in [0.1, 0.15) is 11.6 Å². The van der Waals surface area contributed by atoms with Crippen molar-refractivity contribution in [2.24, 2.45) is 0 Å². The van der Waals surface area contributed by atoms with Gasteiger partial charge in [-0.1, -0.05) is 24.3 Å². The van der Waals surface area contributed by atoms with Gasteiger partial charge in [-0.15, -0.1) is 0 Å². The Labute approximate surface area is 130 Å². The number of carbonyl (C=O) groups excluding carboxylic acids is 1. The summed E-state index contributed by atoms with van der Waals surface area (Å²) in [5.41, 5.74) is 1.98. The first kappa shape index (κ1) is 16.0. The van der Waals surface area contributed by atoms with Gasteiger partial charge in [-0.25, -0.2) is 4.39 Å². The third kappa shape index (κ3) is 5.20. The Morgan fingerprint density at radius 3 is 2.32 bits per heavy atom. The Hall–Kier alpha value is -2.36. The zero-order chi connectivity index (χ0) is 15.8. The number of benzene rings is 2. The second-order valence-electron chi connectivity index (χ2n) is 4.98. The van der Waals surface area contributed by atoms with Gasteiger partial charge in [0.2, 0.25) is 5.91 Å². The standard InChI is InChI=1S/C18H20FNO2/c1-2-22-17-10-5-15(6-11-17)13-20-18(21)12-7-14-3-8-16(19)9-4-14/h3-6,8-11H,2,7,12-13H2,1H3,(H,20,21). The minimum absolute atomic E-state index is 0.0155. The number of hydrogen-bond acceptors (Lipinski definition) is 2. The third-order valence-electron chi connectivity index (χ3n) is 3.28. The highest BCUT2D eigenvalue weighted by Crippen LogP contribution is 2.12. The minimum Gasteiger partial charge on any atom is -0.494 e. The van der Waals surface area contributed by atoms with Crippen molar-refractivity contribution in [3.63, 3.8) is 0 Å². The summed E-state index contributed by atoms with van der Waals surface area (Å²) in [4.78, 5) is 11.8. The molecule has 2 aromatic rings. The average Bonchev–Trinajstić information content (AvgIpc) is 2.54. The molecule has 1 N–H and O–H groups in total. The fraction of sp³-hybridized carbons (Fsp3) is 0.278. The first-order valence-electron chi connectivity index (χ1n) is 7.40. The molecule has 22 heavy (non-hydrogen) atoms. The topological polar surface area (TPSA) is 38.3 Å². The van der Waals surface area contributed by atoms with E-state index >= 15 is 0 Å². The summed E-state index contributed by atoms with van der Waals surface area (Å²) in [5, 5.41) is 2.88. The molecule has 3 nitrogen and oxygen atoms in total. The number of nitrogens with one attached hydrogen (secondary N) is 1. The zero-order valence-corrected chi connectivity index (χ0v) is 12.6. The number of aryl methyl sites for hydroxylation is 1. The van der Waals surface area contributed by atoms with E-state index in [9.17, 15) is 9.18 Å². The molecule has 2 rings (SSSR count). The molecule has 0 saturated carbocycles. The molecule has 116 valence electrons. The van der Waals surface area contributed by atoms with Crippen LogP contribution in [0, 0.1) is 5.82 Å². The summed E-state index contributed by atoms with van der Waals surface area (Å²) in [5.74, 6) is 0.552. The van der Waals surface area contributed by atoms with Crippen LogP contribution in [0.2, 0.25) is 0 Å². The smallest absolute Gasteiger partial charge is 0.220 e. The maximum absolute atomic E-state index is 12.8. The van der Waals surface area contributed by atoms with Crippen LogP contribution in [-0.2, 0) is 17.8 Å². The maximum atomic E-state index is 12.8. The summed E-state index contributed by atoms with van der Waals surface area (Å²) < 4.78 is 18.2. The normalized spacial score (nSPS) is 10.3. The van der Waals surface area contributed by atoms with Crippen LogP contribution < -0.4 is 10.1 Å². The SMILES string of the molecule is CCOc1ccc(CNC(=O)CCc2ccc(F)cc2)cc1. The first-order valence-corrected chi connectivity index (χ1v) is 7.40. The summed E-state index contributed by atoms with van der Waals surface area (Å²) in [6, 6.07) is 13.9. The lowest BCUT2D eigenvalue weighted by atomic mass is 10.1. The Bertz CT molecular complexity index is 593. The Balaban J connectivity index is 1.74. The van der Waals surface area contributed by atoms with Gasteiger partial charge in [-0.2, -0.15) is 0 Å². The van der Waals surface area contributed by atoms with E-state index in [1.54, 1.807) is 12.1 Å². The van der Waals surface area contributed by atoms with Gasteiger partial charge in [0.15, 0.2) is 0 Å². The molecular weight excluding hydrogens is 281 g/mol. The number of amides is 1. The van der Waals surface area contributed by atoms with Gasteiger partial charge in [0.25, 0.3) is 0 Å². The van der Waals surface area contributed by atoms with Crippen LogP contribution in [0.3, 0.4) is 0 Å². The molecule has 0 aliphatic heterocycles. The van der Waals surface area contributed by atoms with Crippen molar-refractivity contribution < 1.29 is 13.9 Å². The summed E-state index contributed by atoms with van der Waals surface area (Å²) >= 11 is 0. The van der Waals surface area contributed by atoms with Crippen molar-refractivity contribution in [1.29, 1.82) is 0 Å². The lowest BCUT2D eigenvalue weighted by Gasteiger charge is -2.07. The van der Waals surface area contributed by atoms with E-state index in [1.807, 2.05) is 31.2 Å². The van der Waals surface area contributed by atoms with Gasteiger partial charge in [-0.05, 0) is 48.7 Å². The van der Waals surface area contributed by atoms with Crippen LogP contribution in [0.4, 0.5) is 4.39 Å². The third-order valence-corrected chi connectivity index (χ3v) is 3.28. The van der Waals surface area contributed by atoms with E-state index in [1.165, 1.54) is 12.1 Å². The molecule has 0 saturated heterocycles. The Morgan fingerprint density at radius 2 is 1.68 bits per heavy atom. The van der Waals surface area contributed by atoms with Crippen molar-refractivity contribution >= 4 is 5.91 Å². The van der Waals surface area contributed by atoms with Gasteiger partial charge >= 0.3 is 0 Å². The van der Waals surface area contributed by atoms with Crippen LogP contribution in [0.25, 0.3) is 0 Å². The molecule has 4 heteroatoms. The monoisotopic (exact) mass is 301 g/mol. The van der Waals surface area contributed by atoms with Crippen molar-refractivity contribution in [1.82, 2.24) is 5.32 Å². The molecule has 1 amide bonds. The molecule has 0 unspecified atom stereocenters. The lowest BCUT2D eigenvalue weighted by Crippen LogP contribution is -2.22. The maximum Gasteiger partial charge on any atom is 0.220 e. The van der Waals surface area contributed by atoms with Gasteiger partial charge < -0.3 is 10.1 Å². The molecule has 0 aliphatic rings. The van der Waals surface area contributed by atoms with Crippen molar-refractivity contribution in [2.75, 3.05) is 6.61 Å². The van der Waals surface area contributed by atoms with E-state index in [-0.39, 0.29) is 11.7 Å². The fourth-order valence-corrected chi connectivity index (χ4v) is 2.07. The number of ether oxygens (including phenoxy) is 1. The van der Waals surface area contributed by atoms with Crippen molar-refractivity contribution in [3.05, 3.63) is 65.5 Å². The van der Waals surface area contributed by atoms with Crippen LogP contribution >= 0.6 is 0 Å². The molecule has 0 aromatic heterocycles. The summed E-state index contributed by atoms with van der Waals surface area (Å²) in [6.07, 6.45) is 0.998. The van der Waals surface area contributed by atoms with E-state index < -0.39 is 0 Å². The Morgan fingerprint density at radius 1 is 1.05 bits per heavy atom. The predicted octanol–water partition coefficient (Wildman–Crippen LogP) is 3.47. The van der Waals surface area contributed by atoms with Crippen molar-refractivity contribution in [3.8, 4) is 5.75 Å². The highest BCUT2D eigenvalue weighted by Gasteiger charge is 2.03. The molecule has 0 aliphatic carbocycles. The van der Waals surface area contributed by atoms with Crippen LogP contribution in [0.5, 0.6) is 5.75 Å². The van der Waals surface area contributed by atoms with Crippen LogP contribution in [-0.4, -0.2) is 12.5 Å². The number of carbonyl (C=O) groups is 1. The van der Waals surface area contributed by atoms with Crippen LogP contribution in [0.15, 0.2) is 48.5 Å². The number of halogens is 1. The quantitative estimate of drug-likeness (QED) is 0.850. The summed E-state index contributed by atoms with van der Waals surface area (Å²) in [7, 11) is 0. The predicted molar refractivity (Wildman–Crippen MR) is 84.2 cm³/mol. The average molecular weight is 301 g/mol. The van der Waals surface area contributed by atoms with Crippen molar-refractivity contribution in [2.45, 2.75) is 26.3 Å². The second-order valence-corrected chi connectivity index (χ2v) is 4.98. The first-order chi connectivity index (χ1) is 10.7. The highest BCUT2D eigenvalue weighted by atomic mass is 19.1. The second kappa shape index (κ2) is 8.17. The highest BCUT2D eigenvalue weighted by molar-refractivity contribution is 5.76. The van der Waals surface area contributed by atoms with Crippen LogP contribution in [0.1, 0.15) is 24.5 Å². The van der Waals surface area contributed by atoms with Gasteiger partial charge in [0, 0.05) is 13.0 Å². The van der Waals surface area contributed by atoms with Gasteiger partial charge in [-0.3, -0.25) is 4.79 Å². The lowest BCUT2D eigenvalue weighted by molar-refractivity contribution is -0.121. The molecule has 0 bridgehead atoms. The molecule has 0 fully saturated rings. The van der Waals surface area contributed by atoms with E-state index in [2.05, 4.69) is 5.32 Å². The zero-order valence-electron chi connectivity index (χ0n) is 12.6. The number of rotatable bonds is 7. The molecule has 0 radical (unpaired) electrons. The minimum atomic E-state index is -0.260. The molecule has 0 spiro atoms. The fourth-order valence-electron chi connectivity index (χ4n) is 2.07. The summed E-state index contributed by atoms with van der Waals surface area (Å²) in [6.45, 7) is 3.07. The molecule has 0 heterocycles. The van der Waals surface area contributed by atoms with Gasteiger partial charge in [0.05, 0.1) is 6.61 Å². The van der Waals surface area contributed by atoms with E-state index in [0.717, 1.165) is 16.9 Å². The van der Waals surface area contributed by atoms with E-state index in [0.29, 0.717) is 26.0 Å². The largest absolute Gasteiger partial charge is 0.494 e. The number of hydrogen-bond donors (Lipinski definition) is 1. The van der Waals surface area contributed by atoms with E-state index in [4.69, 9.17) is 4.74 Å². The molecule has 2 aromatic carbocycles.